The van der Waals surface area contributed by atoms with Gasteiger partial charge in [0, 0.05) is 5.41 Å². The molecule has 0 aliphatic heterocycles. The van der Waals surface area contributed by atoms with Gasteiger partial charge in [-0.1, -0.05) is 32.4 Å². The molecule has 96 valence electrons. The molecule has 2 N–H and O–H groups in total. The second-order valence-corrected chi connectivity index (χ2v) is 6.39. The van der Waals surface area contributed by atoms with E-state index in [1.807, 2.05) is 0 Å². The molecule has 0 aliphatic rings. The van der Waals surface area contributed by atoms with Crippen molar-refractivity contribution in [3.05, 3.63) is 26.5 Å². The van der Waals surface area contributed by atoms with Crippen LogP contribution in [0.15, 0.2) is 12.1 Å². The van der Waals surface area contributed by atoms with Crippen molar-refractivity contribution in [2.75, 3.05) is 5.73 Å². The van der Waals surface area contributed by atoms with Gasteiger partial charge in [0.2, 0.25) is 0 Å². The van der Waals surface area contributed by atoms with Crippen molar-refractivity contribution >= 4 is 40.0 Å². The first-order valence-corrected chi connectivity index (χ1v) is 6.80. The van der Waals surface area contributed by atoms with Crippen LogP contribution in [-0.2, 0) is 5.41 Å². The summed E-state index contributed by atoms with van der Waals surface area (Å²) < 4.78 is 2.53. The molecule has 0 aromatic carbocycles. The monoisotopic (exact) mass is 377 g/mol. The lowest BCUT2D eigenvalue weighted by Gasteiger charge is -2.15. The summed E-state index contributed by atoms with van der Waals surface area (Å²) in [6, 6.07) is 3.40. The van der Waals surface area contributed by atoms with Gasteiger partial charge in [-0.05, 0) is 34.7 Å². The highest BCUT2D eigenvalue weighted by Gasteiger charge is 2.25. The van der Waals surface area contributed by atoms with Crippen molar-refractivity contribution in [2.24, 2.45) is 0 Å². The molecule has 0 amide bonds. The minimum absolute atomic E-state index is 0.0737. The molecule has 2 aromatic heterocycles. The van der Waals surface area contributed by atoms with Gasteiger partial charge >= 0.3 is 0 Å². The van der Waals surface area contributed by atoms with Gasteiger partial charge in [-0.25, -0.2) is 0 Å². The Morgan fingerprint density at radius 1 is 1.28 bits per heavy atom. The summed E-state index contributed by atoms with van der Waals surface area (Å²) in [5.41, 5.74) is 6.93. The molecule has 2 heterocycles. The van der Waals surface area contributed by atoms with E-state index < -0.39 is 0 Å². The predicted molar refractivity (Wildman–Crippen MR) is 80.0 cm³/mol. The topological polar surface area (TPSA) is 69.6 Å². The summed E-state index contributed by atoms with van der Waals surface area (Å²) in [6.45, 7) is 6.28. The van der Waals surface area contributed by atoms with Crippen LogP contribution in [-0.4, -0.2) is 20.0 Å². The van der Waals surface area contributed by atoms with Crippen LogP contribution >= 0.6 is 34.2 Å². The molecule has 0 fully saturated rings. The zero-order chi connectivity index (χ0) is 13.5. The predicted octanol–water partition coefficient (Wildman–Crippen LogP) is 2.80. The van der Waals surface area contributed by atoms with Crippen molar-refractivity contribution in [3.8, 4) is 5.82 Å². The standard InChI is InChI=1S/C11H13ClIN5/c1-11(2,3)9-8(13)10(14)18(17-9)7-5-4-6(12)15-16-7/h4-5H,14H2,1-3H3. The fourth-order valence-electron chi connectivity index (χ4n) is 1.49. The second kappa shape index (κ2) is 4.65. The van der Waals surface area contributed by atoms with Gasteiger partial charge in [-0.15, -0.1) is 10.2 Å². The van der Waals surface area contributed by atoms with E-state index in [0.717, 1.165) is 9.26 Å². The van der Waals surface area contributed by atoms with Crippen LogP contribution in [0.4, 0.5) is 5.82 Å². The molecule has 0 radical (unpaired) electrons. The third-order valence-electron chi connectivity index (χ3n) is 2.41. The average molecular weight is 378 g/mol. The highest BCUT2D eigenvalue weighted by molar-refractivity contribution is 14.1. The molecular formula is C11H13ClIN5. The number of nitrogens with two attached hydrogens (primary N) is 1. The van der Waals surface area contributed by atoms with E-state index in [1.165, 1.54) is 0 Å². The minimum Gasteiger partial charge on any atom is -0.383 e. The molecule has 0 spiro atoms. The van der Waals surface area contributed by atoms with Gasteiger partial charge in [0.25, 0.3) is 0 Å². The lowest BCUT2D eigenvalue weighted by molar-refractivity contribution is 0.556. The molecule has 2 aromatic rings. The Balaban J connectivity index is 2.56. The molecule has 0 unspecified atom stereocenters. The van der Waals surface area contributed by atoms with Crippen LogP contribution in [0, 0.1) is 3.57 Å². The van der Waals surface area contributed by atoms with Gasteiger partial charge < -0.3 is 5.73 Å². The molecule has 0 aliphatic carbocycles. The van der Waals surface area contributed by atoms with Crippen LogP contribution in [0.3, 0.4) is 0 Å². The quantitative estimate of drug-likeness (QED) is 0.776. The van der Waals surface area contributed by atoms with E-state index in [4.69, 9.17) is 17.3 Å². The van der Waals surface area contributed by atoms with Crippen molar-refractivity contribution < 1.29 is 0 Å². The number of nitrogen functional groups attached to an aromatic ring is 1. The number of hydrogen-bond donors (Lipinski definition) is 1. The van der Waals surface area contributed by atoms with Crippen molar-refractivity contribution in [2.45, 2.75) is 26.2 Å². The van der Waals surface area contributed by atoms with Crippen LogP contribution in [0.5, 0.6) is 0 Å². The van der Waals surface area contributed by atoms with Crippen LogP contribution in [0.25, 0.3) is 5.82 Å². The number of anilines is 1. The third-order valence-corrected chi connectivity index (χ3v) is 3.67. The molecule has 0 bridgehead atoms. The highest BCUT2D eigenvalue weighted by Crippen LogP contribution is 2.30. The lowest BCUT2D eigenvalue weighted by Crippen LogP contribution is -2.14. The molecule has 0 saturated heterocycles. The maximum Gasteiger partial charge on any atom is 0.178 e. The zero-order valence-electron chi connectivity index (χ0n) is 10.3. The average Bonchev–Trinajstić information content (AvgIpc) is 2.57. The van der Waals surface area contributed by atoms with E-state index in [0.29, 0.717) is 16.8 Å². The van der Waals surface area contributed by atoms with Crippen molar-refractivity contribution in [3.63, 3.8) is 0 Å². The van der Waals surface area contributed by atoms with Gasteiger partial charge in [-0.2, -0.15) is 9.78 Å². The first-order chi connectivity index (χ1) is 8.30. The Morgan fingerprint density at radius 3 is 2.39 bits per heavy atom. The molecule has 0 atom stereocenters. The molecule has 18 heavy (non-hydrogen) atoms. The second-order valence-electron chi connectivity index (χ2n) is 4.92. The Morgan fingerprint density at radius 2 is 1.94 bits per heavy atom. The fraction of sp³-hybridized carbons (Fsp3) is 0.364. The summed E-state index contributed by atoms with van der Waals surface area (Å²) >= 11 is 7.91. The van der Waals surface area contributed by atoms with E-state index in [1.54, 1.807) is 16.8 Å². The van der Waals surface area contributed by atoms with Gasteiger partial charge in [-0.3, -0.25) is 0 Å². The number of nitrogens with zero attached hydrogens (tertiary/aromatic N) is 4. The third kappa shape index (κ3) is 2.44. The van der Waals surface area contributed by atoms with E-state index in [9.17, 15) is 0 Å². The Bertz CT molecular complexity index is 570. The largest absolute Gasteiger partial charge is 0.383 e. The summed E-state index contributed by atoms with van der Waals surface area (Å²) in [6.07, 6.45) is 0. The Kier molecular flexibility index (Phi) is 3.50. The smallest absolute Gasteiger partial charge is 0.178 e. The highest BCUT2D eigenvalue weighted by atomic mass is 127. The van der Waals surface area contributed by atoms with Crippen molar-refractivity contribution in [1.82, 2.24) is 20.0 Å². The minimum atomic E-state index is -0.0737. The normalized spacial score (nSPS) is 11.8. The van der Waals surface area contributed by atoms with Crippen LogP contribution < -0.4 is 5.73 Å². The fourth-order valence-corrected chi connectivity index (χ4v) is 2.73. The Hall–Kier alpha value is -0.890. The van der Waals surface area contributed by atoms with Gasteiger partial charge in [0.05, 0.1) is 9.26 Å². The Labute approximate surface area is 124 Å². The molecule has 0 saturated carbocycles. The summed E-state index contributed by atoms with van der Waals surface area (Å²) in [4.78, 5) is 0. The number of hydrogen-bond acceptors (Lipinski definition) is 4. The van der Waals surface area contributed by atoms with Crippen LogP contribution in [0.1, 0.15) is 26.5 Å². The van der Waals surface area contributed by atoms with Gasteiger partial charge in [0.15, 0.2) is 11.0 Å². The van der Waals surface area contributed by atoms with Crippen molar-refractivity contribution in [1.29, 1.82) is 0 Å². The van der Waals surface area contributed by atoms with Gasteiger partial charge in [0.1, 0.15) is 5.82 Å². The number of aromatic nitrogens is 4. The number of rotatable bonds is 1. The molecule has 5 nitrogen and oxygen atoms in total. The molecule has 7 heteroatoms. The molecular weight excluding hydrogens is 365 g/mol. The lowest BCUT2D eigenvalue weighted by atomic mass is 9.92. The SMILES string of the molecule is CC(C)(C)c1nn(-c2ccc(Cl)nn2)c(N)c1I. The zero-order valence-corrected chi connectivity index (χ0v) is 13.2. The summed E-state index contributed by atoms with van der Waals surface area (Å²) in [5, 5.41) is 12.6. The maximum absolute atomic E-state index is 6.06. The summed E-state index contributed by atoms with van der Waals surface area (Å²) in [7, 11) is 0. The van der Waals surface area contributed by atoms with E-state index in [-0.39, 0.29) is 5.41 Å². The molecule has 2 rings (SSSR count). The van der Waals surface area contributed by atoms with E-state index >= 15 is 0 Å². The summed E-state index contributed by atoms with van der Waals surface area (Å²) in [5.74, 6) is 1.13. The first-order valence-electron chi connectivity index (χ1n) is 5.35. The van der Waals surface area contributed by atoms with Crippen LogP contribution in [0.2, 0.25) is 5.15 Å². The number of halogens is 2. The maximum atomic E-state index is 6.06. The van der Waals surface area contributed by atoms with E-state index in [2.05, 4.69) is 58.7 Å². The first kappa shape index (κ1) is 13.5.